The zero-order valence-corrected chi connectivity index (χ0v) is 12.1. The van der Waals surface area contributed by atoms with Crippen LogP contribution in [0.5, 0.6) is 5.75 Å². The van der Waals surface area contributed by atoms with Crippen molar-refractivity contribution in [2.24, 2.45) is 0 Å². The van der Waals surface area contributed by atoms with Gasteiger partial charge in [0.05, 0.1) is 5.02 Å². The van der Waals surface area contributed by atoms with Crippen LogP contribution in [-0.2, 0) is 6.61 Å². The van der Waals surface area contributed by atoms with E-state index in [9.17, 15) is 0 Å². The molecule has 0 radical (unpaired) electrons. The van der Waals surface area contributed by atoms with Crippen molar-refractivity contribution in [3.63, 3.8) is 0 Å². The van der Waals surface area contributed by atoms with E-state index in [0.29, 0.717) is 11.6 Å². The van der Waals surface area contributed by atoms with Crippen LogP contribution in [0.1, 0.15) is 10.4 Å². The molecule has 0 aliphatic rings. The lowest BCUT2D eigenvalue weighted by atomic mass is 10.2. The highest BCUT2D eigenvalue weighted by Gasteiger charge is 2.05. The van der Waals surface area contributed by atoms with Crippen LogP contribution in [-0.4, -0.2) is 0 Å². The van der Waals surface area contributed by atoms with E-state index in [0.717, 1.165) is 5.75 Å². The predicted molar refractivity (Wildman–Crippen MR) is 82.3 cm³/mol. The number of aryl methyl sites for hydroxylation is 1. The van der Waals surface area contributed by atoms with Gasteiger partial charge in [-0.15, -0.1) is 11.3 Å². The molecule has 0 amide bonds. The number of halogens is 1. The summed E-state index contributed by atoms with van der Waals surface area (Å²) in [6.07, 6.45) is 0. The average Bonchev–Trinajstić information content (AvgIpc) is 2.82. The molecule has 3 aromatic rings. The SMILES string of the molecule is Cc1cccc2cc(COc3ccccc3Cl)sc12. The molecule has 0 unspecified atom stereocenters. The predicted octanol–water partition coefficient (Wildman–Crippen LogP) is 5.44. The van der Waals surface area contributed by atoms with Crippen LogP contribution < -0.4 is 4.74 Å². The van der Waals surface area contributed by atoms with Crippen LogP contribution >= 0.6 is 22.9 Å². The Hall–Kier alpha value is -1.51. The van der Waals surface area contributed by atoms with Gasteiger partial charge in [0, 0.05) is 9.58 Å². The Kier molecular flexibility index (Phi) is 3.45. The Balaban J connectivity index is 1.83. The molecular formula is C16H13ClOS. The van der Waals surface area contributed by atoms with Crippen molar-refractivity contribution in [2.45, 2.75) is 13.5 Å². The summed E-state index contributed by atoms with van der Waals surface area (Å²) in [6, 6.07) is 16.1. The lowest BCUT2D eigenvalue weighted by Crippen LogP contribution is -1.92. The number of ether oxygens (including phenoxy) is 1. The van der Waals surface area contributed by atoms with E-state index in [1.54, 1.807) is 11.3 Å². The second kappa shape index (κ2) is 5.24. The number of benzene rings is 2. The highest BCUT2D eigenvalue weighted by atomic mass is 35.5. The Morgan fingerprint density at radius 1 is 1.11 bits per heavy atom. The third-order valence-corrected chi connectivity index (χ3v) is 4.57. The van der Waals surface area contributed by atoms with Crippen molar-refractivity contribution in [3.05, 3.63) is 64.0 Å². The summed E-state index contributed by atoms with van der Waals surface area (Å²) in [5.41, 5.74) is 1.31. The molecule has 0 bridgehead atoms. The number of rotatable bonds is 3. The molecule has 1 nitrogen and oxygen atoms in total. The standard InChI is InChI=1S/C16H13ClOS/c1-11-5-4-6-12-9-13(19-16(11)12)10-18-15-8-3-2-7-14(15)17/h2-9H,10H2,1H3. The van der Waals surface area contributed by atoms with E-state index in [-0.39, 0.29) is 0 Å². The zero-order chi connectivity index (χ0) is 13.2. The van der Waals surface area contributed by atoms with Gasteiger partial charge >= 0.3 is 0 Å². The third kappa shape index (κ3) is 2.60. The first-order valence-electron chi connectivity index (χ1n) is 6.09. The van der Waals surface area contributed by atoms with Crippen molar-refractivity contribution in [3.8, 4) is 5.75 Å². The van der Waals surface area contributed by atoms with Crippen LogP contribution in [0.25, 0.3) is 10.1 Å². The first-order chi connectivity index (χ1) is 9.24. The van der Waals surface area contributed by atoms with Crippen LogP contribution in [0.2, 0.25) is 5.02 Å². The minimum Gasteiger partial charge on any atom is -0.487 e. The van der Waals surface area contributed by atoms with Gasteiger partial charge in [0.1, 0.15) is 12.4 Å². The van der Waals surface area contributed by atoms with Crippen molar-refractivity contribution >= 4 is 33.0 Å². The van der Waals surface area contributed by atoms with Crippen LogP contribution in [0.3, 0.4) is 0 Å². The number of para-hydroxylation sites is 1. The molecule has 0 saturated carbocycles. The molecule has 0 atom stereocenters. The number of hydrogen-bond acceptors (Lipinski definition) is 2. The molecule has 2 aromatic carbocycles. The van der Waals surface area contributed by atoms with E-state index in [1.165, 1.54) is 20.5 Å². The summed E-state index contributed by atoms with van der Waals surface area (Å²) < 4.78 is 7.10. The van der Waals surface area contributed by atoms with Crippen LogP contribution in [0.15, 0.2) is 48.5 Å². The molecule has 19 heavy (non-hydrogen) atoms. The minimum absolute atomic E-state index is 0.558. The summed E-state index contributed by atoms with van der Waals surface area (Å²) in [4.78, 5) is 1.21. The van der Waals surface area contributed by atoms with Crippen LogP contribution in [0.4, 0.5) is 0 Å². The normalized spacial score (nSPS) is 10.8. The fraction of sp³-hybridized carbons (Fsp3) is 0.125. The Morgan fingerprint density at radius 3 is 2.74 bits per heavy atom. The molecule has 0 fully saturated rings. The average molecular weight is 289 g/mol. The highest BCUT2D eigenvalue weighted by Crippen LogP contribution is 2.30. The van der Waals surface area contributed by atoms with Crippen molar-refractivity contribution in [2.75, 3.05) is 0 Å². The second-order valence-electron chi connectivity index (χ2n) is 4.43. The molecule has 3 heteroatoms. The fourth-order valence-electron chi connectivity index (χ4n) is 2.04. The molecule has 0 saturated heterocycles. The van der Waals surface area contributed by atoms with Gasteiger partial charge in [-0.2, -0.15) is 0 Å². The van der Waals surface area contributed by atoms with Gasteiger partial charge in [0.2, 0.25) is 0 Å². The van der Waals surface area contributed by atoms with E-state index in [1.807, 2.05) is 24.3 Å². The molecule has 1 heterocycles. The number of fused-ring (bicyclic) bond motifs is 1. The molecule has 3 rings (SSSR count). The summed E-state index contributed by atoms with van der Waals surface area (Å²) in [5.74, 6) is 0.735. The van der Waals surface area contributed by atoms with E-state index >= 15 is 0 Å². The monoisotopic (exact) mass is 288 g/mol. The maximum atomic E-state index is 6.07. The lowest BCUT2D eigenvalue weighted by molar-refractivity contribution is 0.310. The fourth-order valence-corrected chi connectivity index (χ4v) is 3.27. The number of hydrogen-bond donors (Lipinski definition) is 0. The molecule has 0 aliphatic carbocycles. The summed E-state index contributed by atoms with van der Waals surface area (Å²) in [7, 11) is 0. The van der Waals surface area contributed by atoms with Gasteiger partial charge in [-0.3, -0.25) is 0 Å². The molecule has 0 aliphatic heterocycles. The van der Waals surface area contributed by atoms with Gasteiger partial charge in [-0.25, -0.2) is 0 Å². The summed E-state index contributed by atoms with van der Waals surface area (Å²) in [5, 5.41) is 1.93. The first kappa shape index (κ1) is 12.5. The van der Waals surface area contributed by atoms with Crippen molar-refractivity contribution in [1.82, 2.24) is 0 Å². The van der Waals surface area contributed by atoms with Gasteiger partial charge in [-0.1, -0.05) is 41.9 Å². The molecule has 96 valence electrons. The summed E-state index contributed by atoms with van der Waals surface area (Å²) in [6.45, 7) is 2.69. The smallest absolute Gasteiger partial charge is 0.138 e. The number of thiophene rings is 1. The highest BCUT2D eigenvalue weighted by molar-refractivity contribution is 7.19. The maximum absolute atomic E-state index is 6.07. The lowest BCUT2D eigenvalue weighted by Gasteiger charge is -2.05. The van der Waals surface area contributed by atoms with Gasteiger partial charge in [-0.05, 0) is 36.1 Å². The van der Waals surface area contributed by atoms with Crippen molar-refractivity contribution < 1.29 is 4.74 Å². The zero-order valence-electron chi connectivity index (χ0n) is 10.5. The minimum atomic E-state index is 0.558. The molecule has 1 aromatic heterocycles. The van der Waals surface area contributed by atoms with Gasteiger partial charge in [0.15, 0.2) is 0 Å². The second-order valence-corrected chi connectivity index (χ2v) is 5.97. The van der Waals surface area contributed by atoms with Gasteiger partial charge < -0.3 is 4.74 Å². The molecule has 0 N–H and O–H groups in total. The molecular weight excluding hydrogens is 276 g/mol. The first-order valence-corrected chi connectivity index (χ1v) is 7.29. The quantitative estimate of drug-likeness (QED) is 0.623. The van der Waals surface area contributed by atoms with Gasteiger partial charge in [0.25, 0.3) is 0 Å². The maximum Gasteiger partial charge on any atom is 0.138 e. The Morgan fingerprint density at radius 2 is 1.95 bits per heavy atom. The van der Waals surface area contributed by atoms with E-state index in [4.69, 9.17) is 16.3 Å². The topological polar surface area (TPSA) is 9.23 Å². The third-order valence-electron chi connectivity index (χ3n) is 3.00. The van der Waals surface area contributed by atoms with E-state index < -0.39 is 0 Å². The largest absolute Gasteiger partial charge is 0.487 e. The van der Waals surface area contributed by atoms with E-state index in [2.05, 4.69) is 31.2 Å². The molecule has 0 spiro atoms. The Labute approximate surface area is 121 Å². The summed E-state index contributed by atoms with van der Waals surface area (Å²) >= 11 is 7.85. The van der Waals surface area contributed by atoms with Crippen molar-refractivity contribution in [1.29, 1.82) is 0 Å². The Bertz CT molecular complexity index is 718. The van der Waals surface area contributed by atoms with Crippen LogP contribution in [0, 0.1) is 6.92 Å².